The fraction of sp³-hybridized carbons (Fsp3) is 0.333. The SMILES string of the molecule is CC(OC(F)(F)F)c1ccc(F)cc1. The van der Waals surface area contributed by atoms with Gasteiger partial charge in [0.1, 0.15) is 5.82 Å². The van der Waals surface area contributed by atoms with Crippen LogP contribution in [0.1, 0.15) is 18.6 Å². The second kappa shape index (κ2) is 3.96. The van der Waals surface area contributed by atoms with Gasteiger partial charge in [0, 0.05) is 0 Å². The Balaban J connectivity index is 2.70. The Bertz CT molecular complexity index is 291. The molecule has 0 amide bonds. The van der Waals surface area contributed by atoms with E-state index in [4.69, 9.17) is 0 Å². The molecule has 0 spiro atoms. The van der Waals surface area contributed by atoms with Crippen LogP contribution >= 0.6 is 0 Å². The lowest BCUT2D eigenvalue weighted by molar-refractivity contribution is -0.342. The topological polar surface area (TPSA) is 9.23 Å². The van der Waals surface area contributed by atoms with E-state index in [0.717, 1.165) is 12.1 Å². The number of rotatable bonds is 2. The van der Waals surface area contributed by atoms with Crippen LogP contribution in [-0.4, -0.2) is 6.36 Å². The quantitative estimate of drug-likeness (QED) is 0.676. The molecule has 0 aliphatic carbocycles. The lowest BCUT2D eigenvalue weighted by Crippen LogP contribution is -2.16. The maximum atomic E-state index is 12.4. The van der Waals surface area contributed by atoms with Gasteiger partial charge in [-0.15, -0.1) is 13.2 Å². The van der Waals surface area contributed by atoms with Crippen molar-refractivity contribution >= 4 is 0 Å². The molecule has 1 aromatic rings. The van der Waals surface area contributed by atoms with Gasteiger partial charge >= 0.3 is 6.36 Å². The standard InChI is InChI=1S/C9H8F4O/c1-6(14-9(11,12)13)7-2-4-8(10)5-3-7/h2-6H,1H3. The number of hydrogen-bond donors (Lipinski definition) is 0. The smallest absolute Gasteiger partial charge is 0.284 e. The maximum Gasteiger partial charge on any atom is 0.523 e. The van der Waals surface area contributed by atoms with Crippen LogP contribution in [0.4, 0.5) is 17.6 Å². The first-order valence-electron chi connectivity index (χ1n) is 3.88. The molecular formula is C9H8F4O. The summed E-state index contributed by atoms with van der Waals surface area (Å²) in [5.41, 5.74) is 0.281. The number of hydrogen-bond acceptors (Lipinski definition) is 1. The lowest BCUT2D eigenvalue weighted by Gasteiger charge is -2.15. The maximum absolute atomic E-state index is 12.4. The molecule has 0 saturated carbocycles. The molecular weight excluding hydrogens is 200 g/mol. The zero-order valence-corrected chi connectivity index (χ0v) is 7.31. The van der Waals surface area contributed by atoms with Crippen molar-refractivity contribution in [3.05, 3.63) is 35.6 Å². The van der Waals surface area contributed by atoms with Gasteiger partial charge in [-0.1, -0.05) is 12.1 Å². The van der Waals surface area contributed by atoms with E-state index in [1.54, 1.807) is 0 Å². The van der Waals surface area contributed by atoms with Crippen LogP contribution in [0.5, 0.6) is 0 Å². The van der Waals surface area contributed by atoms with Crippen LogP contribution in [0, 0.1) is 5.82 Å². The van der Waals surface area contributed by atoms with E-state index >= 15 is 0 Å². The highest BCUT2D eigenvalue weighted by Crippen LogP contribution is 2.27. The Morgan fingerprint density at radius 1 is 1.14 bits per heavy atom. The molecule has 5 heteroatoms. The Hall–Kier alpha value is -1.10. The minimum absolute atomic E-state index is 0.281. The fourth-order valence-electron chi connectivity index (χ4n) is 1.00. The first kappa shape index (κ1) is 11.0. The van der Waals surface area contributed by atoms with Crippen molar-refractivity contribution in [1.29, 1.82) is 0 Å². The molecule has 0 radical (unpaired) electrons. The molecule has 78 valence electrons. The predicted molar refractivity (Wildman–Crippen MR) is 42.0 cm³/mol. The Labute approximate surface area is 78.3 Å². The lowest BCUT2D eigenvalue weighted by atomic mass is 10.1. The largest absolute Gasteiger partial charge is 0.523 e. The average Bonchev–Trinajstić information content (AvgIpc) is 2.02. The molecule has 1 unspecified atom stereocenters. The minimum Gasteiger partial charge on any atom is -0.284 e. The predicted octanol–water partition coefficient (Wildman–Crippen LogP) is 3.42. The van der Waals surface area contributed by atoms with Crippen molar-refractivity contribution < 1.29 is 22.3 Å². The molecule has 1 nitrogen and oxygen atoms in total. The molecule has 0 aliphatic heterocycles. The Morgan fingerprint density at radius 3 is 2.07 bits per heavy atom. The first-order chi connectivity index (χ1) is 6.38. The molecule has 1 aromatic carbocycles. The highest BCUT2D eigenvalue weighted by atomic mass is 19.4. The van der Waals surface area contributed by atoms with Gasteiger partial charge in [-0.3, -0.25) is 4.74 Å². The normalized spacial score (nSPS) is 14.1. The van der Waals surface area contributed by atoms with Gasteiger partial charge in [-0.2, -0.15) is 0 Å². The molecule has 0 aliphatic rings. The summed E-state index contributed by atoms with van der Waals surface area (Å²) >= 11 is 0. The molecule has 0 bridgehead atoms. The minimum atomic E-state index is -4.67. The van der Waals surface area contributed by atoms with Crippen molar-refractivity contribution in [2.24, 2.45) is 0 Å². The summed E-state index contributed by atoms with van der Waals surface area (Å²) in [6, 6.07) is 4.69. The van der Waals surface area contributed by atoms with Crippen LogP contribution < -0.4 is 0 Å². The van der Waals surface area contributed by atoms with E-state index in [9.17, 15) is 17.6 Å². The third kappa shape index (κ3) is 3.33. The number of alkyl halides is 3. The van der Waals surface area contributed by atoms with E-state index in [-0.39, 0.29) is 5.56 Å². The van der Waals surface area contributed by atoms with Gasteiger partial charge in [0.05, 0.1) is 6.10 Å². The van der Waals surface area contributed by atoms with Crippen molar-refractivity contribution in [3.63, 3.8) is 0 Å². The summed E-state index contributed by atoms with van der Waals surface area (Å²) < 4.78 is 51.5. The Kier molecular flexibility index (Phi) is 3.10. The van der Waals surface area contributed by atoms with Crippen molar-refractivity contribution in [2.45, 2.75) is 19.4 Å². The van der Waals surface area contributed by atoms with Crippen LogP contribution in [0.25, 0.3) is 0 Å². The van der Waals surface area contributed by atoms with Crippen LogP contribution in [0.15, 0.2) is 24.3 Å². The summed E-state index contributed by atoms with van der Waals surface area (Å²) in [4.78, 5) is 0. The highest BCUT2D eigenvalue weighted by Gasteiger charge is 2.32. The van der Waals surface area contributed by atoms with Gasteiger partial charge < -0.3 is 0 Å². The number of halogens is 4. The van der Waals surface area contributed by atoms with E-state index in [2.05, 4.69) is 4.74 Å². The van der Waals surface area contributed by atoms with Crippen LogP contribution in [0.2, 0.25) is 0 Å². The molecule has 1 rings (SSSR count). The van der Waals surface area contributed by atoms with Crippen molar-refractivity contribution in [3.8, 4) is 0 Å². The number of ether oxygens (including phenoxy) is 1. The van der Waals surface area contributed by atoms with E-state index in [1.807, 2.05) is 0 Å². The van der Waals surface area contributed by atoms with Crippen LogP contribution in [0.3, 0.4) is 0 Å². The van der Waals surface area contributed by atoms with Gasteiger partial charge in [0.15, 0.2) is 0 Å². The molecule has 14 heavy (non-hydrogen) atoms. The van der Waals surface area contributed by atoms with E-state index in [1.165, 1.54) is 19.1 Å². The molecule has 1 atom stereocenters. The zero-order chi connectivity index (χ0) is 10.8. The van der Waals surface area contributed by atoms with Gasteiger partial charge in [-0.05, 0) is 24.6 Å². The van der Waals surface area contributed by atoms with Crippen molar-refractivity contribution in [2.75, 3.05) is 0 Å². The molecule has 0 saturated heterocycles. The second-order valence-corrected chi connectivity index (χ2v) is 2.76. The average molecular weight is 208 g/mol. The van der Waals surface area contributed by atoms with Gasteiger partial charge in [0.25, 0.3) is 0 Å². The molecule has 0 aromatic heterocycles. The van der Waals surface area contributed by atoms with Gasteiger partial charge in [0.2, 0.25) is 0 Å². The third-order valence-electron chi connectivity index (χ3n) is 1.65. The fourth-order valence-corrected chi connectivity index (χ4v) is 1.00. The van der Waals surface area contributed by atoms with E-state index in [0.29, 0.717) is 0 Å². The Morgan fingerprint density at radius 2 is 1.64 bits per heavy atom. The third-order valence-corrected chi connectivity index (χ3v) is 1.65. The summed E-state index contributed by atoms with van der Waals surface area (Å²) in [5, 5.41) is 0. The summed E-state index contributed by atoms with van der Waals surface area (Å²) in [6.07, 6.45) is -5.80. The summed E-state index contributed by atoms with van der Waals surface area (Å²) in [5.74, 6) is -0.493. The molecule has 0 heterocycles. The first-order valence-corrected chi connectivity index (χ1v) is 3.88. The highest BCUT2D eigenvalue weighted by molar-refractivity contribution is 5.18. The van der Waals surface area contributed by atoms with Gasteiger partial charge in [-0.25, -0.2) is 4.39 Å². The monoisotopic (exact) mass is 208 g/mol. The molecule has 0 fully saturated rings. The number of benzene rings is 1. The van der Waals surface area contributed by atoms with E-state index < -0.39 is 18.3 Å². The summed E-state index contributed by atoms with van der Waals surface area (Å²) in [7, 11) is 0. The molecule has 0 N–H and O–H groups in total. The zero-order valence-electron chi connectivity index (χ0n) is 7.31. The van der Waals surface area contributed by atoms with Crippen LogP contribution in [-0.2, 0) is 4.74 Å². The van der Waals surface area contributed by atoms with Crippen molar-refractivity contribution in [1.82, 2.24) is 0 Å². The second-order valence-electron chi connectivity index (χ2n) is 2.76. The summed E-state index contributed by atoms with van der Waals surface area (Å²) in [6.45, 7) is 1.25.